The van der Waals surface area contributed by atoms with E-state index in [1.165, 1.54) is 0 Å². The molecule has 0 aromatic rings. The number of aliphatic hydroxyl groups excluding tert-OH is 5. The summed E-state index contributed by atoms with van der Waals surface area (Å²) in [6.07, 6.45) is -4.21. The molecule has 1 fully saturated rings. The summed E-state index contributed by atoms with van der Waals surface area (Å²) >= 11 is 0. The largest absolute Gasteiger partial charge is 0.390 e. The Labute approximate surface area is 102 Å². The average Bonchev–Trinajstić information content (AvgIpc) is 2.33. The van der Waals surface area contributed by atoms with Crippen LogP contribution >= 0.6 is 0 Å². The monoisotopic (exact) mass is 248 g/mol. The molecule has 5 heteroatoms. The number of aliphatic hydroxyl groups is 5. The Bertz CT molecular complexity index is 216. The molecule has 5 N–H and O–H groups in total. The number of rotatable bonds is 4. The van der Waals surface area contributed by atoms with Gasteiger partial charge >= 0.3 is 0 Å². The molecular weight excluding hydrogens is 224 g/mol. The Morgan fingerprint density at radius 3 is 1.53 bits per heavy atom. The van der Waals surface area contributed by atoms with Crippen LogP contribution in [-0.2, 0) is 0 Å². The molecule has 0 aromatic carbocycles. The Morgan fingerprint density at radius 1 is 0.765 bits per heavy atom. The van der Waals surface area contributed by atoms with Gasteiger partial charge in [0.15, 0.2) is 0 Å². The van der Waals surface area contributed by atoms with Gasteiger partial charge in [0.2, 0.25) is 0 Å². The second-order valence-electron chi connectivity index (χ2n) is 4.99. The van der Waals surface area contributed by atoms with Gasteiger partial charge in [-0.05, 0) is 5.92 Å². The molecule has 0 spiro atoms. The molecule has 1 aliphatic rings. The minimum Gasteiger partial charge on any atom is -0.390 e. The molecule has 102 valence electrons. The van der Waals surface area contributed by atoms with E-state index >= 15 is 0 Å². The first-order chi connectivity index (χ1) is 7.95. The predicted molar refractivity (Wildman–Crippen MR) is 62.2 cm³/mol. The summed E-state index contributed by atoms with van der Waals surface area (Å²) in [7, 11) is 0. The van der Waals surface area contributed by atoms with Crippen molar-refractivity contribution in [1.82, 2.24) is 0 Å². The van der Waals surface area contributed by atoms with Crippen LogP contribution < -0.4 is 0 Å². The van der Waals surface area contributed by atoms with E-state index in [9.17, 15) is 25.5 Å². The molecule has 0 saturated heterocycles. The van der Waals surface area contributed by atoms with Gasteiger partial charge in [-0.15, -0.1) is 0 Å². The molecule has 0 aromatic heterocycles. The Hall–Kier alpha value is -0.200. The van der Waals surface area contributed by atoms with Crippen molar-refractivity contribution >= 4 is 0 Å². The summed E-state index contributed by atoms with van der Waals surface area (Å²) in [5.74, 6) is -0.560. The molecule has 1 aliphatic carbocycles. The lowest BCUT2D eigenvalue weighted by atomic mass is 9.70. The van der Waals surface area contributed by atoms with Crippen LogP contribution in [0.5, 0.6) is 0 Å². The maximum Gasteiger partial charge on any atom is 0.111 e. The van der Waals surface area contributed by atoms with Crippen molar-refractivity contribution < 1.29 is 25.5 Å². The third-order valence-corrected chi connectivity index (χ3v) is 3.92. The highest BCUT2D eigenvalue weighted by molar-refractivity contribution is 5.00. The van der Waals surface area contributed by atoms with Crippen LogP contribution in [0.15, 0.2) is 0 Å². The van der Waals surface area contributed by atoms with Gasteiger partial charge in [0.05, 0.1) is 12.2 Å². The lowest BCUT2D eigenvalue weighted by Gasteiger charge is -2.45. The van der Waals surface area contributed by atoms with E-state index in [0.717, 1.165) is 19.3 Å². The van der Waals surface area contributed by atoms with Crippen molar-refractivity contribution in [3.8, 4) is 0 Å². The van der Waals surface area contributed by atoms with Gasteiger partial charge in [0.25, 0.3) is 0 Å². The van der Waals surface area contributed by atoms with E-state index in [1.807, 2.05) is 13.8 Å². The first-order valence-electron chi connectivity index (χ1n) is 6.36. The highest BCUT2D eigenvalue weighted by atomic mass is 16.4. The second kappa shape index (κ2) is 6.11. The first-order valence-corrected chi connectivity index (χ1v) is 6.36. The van der Waals surface area contributed by atoms with Crippen molar-refractivity contribution in [2.75, 3.05) is 0 Å². The van der Waals surface area contributed by atoms with Crippen LogP contribution in [0.1, 0.15) is 33.1 Å². The quantitative estimate of drug-likeness (QED) is 0.450. The van der Waals surface area contributed by atoms with Crippen molar-refractivity contribution in [3.63, 3.8) is 0 Å². The predicted octanol–water partition coefficient (Wildman–Crippen LogP) is -0.753. The minimum absolute atomic E-state index is 0.0294. The molecule has 5 atom stereocenters. The fourth-order valence-corrected chi connectivity index (χ4v) is 2.86. The zero-order valence-corrected chi connectivity index (χ0v) is 10.4. The summed E-state index contributed by atoms with van der Waals surface area (Å²) in [4.78, 5) is 0. The Kier molecular flexibility index (Phi) is 5.34. The zero-order valence-electron chi connectivity index (χ0n) is 10.4. The van der Waals surface area contributed by atoms with E-state index in [2.05, 4.69) is 0 Å². The van der Waals surface area contributed by atoms with Crippen molar-refractivity contribution in [1.29, 1.82) is 0 Å². The van der Waals surface area contributed by atoms with Gasteiger partial charge < -0.3 is 25.5 Å². The fraction of sp³-hybridized carbons (Fsp3) is 1.00. The SMILES string of the molecule is CCCC(CC)C1C(O)C(O)C(O)C(O)C1O. The molecule has 0 aliphatic heterocycles. The van der Waals surface area contributed by atoms with Gasteiger partial charge in [-0.25, -0.2) is 0 Å². The summed E-state index contributed by atoms with van der Waals surface area (Å²) in [5.41, 5.74) is 0. The maximum absolute atomic E-state index is 9.94. The highest BCUT2D eigenvalue weighted by Crippen LogP contribution is 2.35. The summed E-state index contributed by atoms with van der Waals surface area (Å²) in [6, 6.07) is 0. The normalized spacial score (nSPS) is 44.6. The fourth-order valence-electron chi connectivity index (χ4n) is 2.86. The number of hydrogen-bond donors (Lipinski definition) is 5. The molecule has 0 amide bonds. The molecule has 0 heterocycles. The molecule has 0 radical (unpaired) electrons. The molecule has 5 nitrogen and oxygen atoms in total. The third-order valence-electron chi connectivity index (χ3n) is 3.92. The molecule has 17 heavy (non-hydrogen) atoms. The molecular formula is C12H24O5. The van der Waals surface area contributed by atoms with Crippen molar-refractivity contribution in [2.24, 2.45) is 11.8 Å². The van der Waals surface area contributed by atoms with Crippen LogP contribution in [0.3, 0.4) is 0 Å². The second-order valence-corrected chi connectivity index (χ2v) is 4.99. The molecule has 1 rings (SSSR count). The molecule has 0 bridgehead atoms. The van der Waals surface area contributed by atoms with Gasteiger partial charge in [0.1, 0.15) is 18.3 Å². The third kappa shape index (κ3) is 2.80. The van der Waals surface area contributed by atoms with Crippen molar-refractivity contribution in [3.05, 3.63) is 0 Å². The minimum atomic E-state index is -1.49. The van der Waals surface area contributed by atoms with E-state index in [-0.39, 0.29) is 5.92 Å². The summed E-state index contributed by atoms with van der Waals surface area (Å²) in [6.45, 7) is 3.95. The topological polar surface area (TPSA) is 101 Å². The molecule has 5 unspecified atom stereocenters. The van der Waals surface area contributed by atoms with Crippen LogP contribution in [0.4, 0.5) is 0 Å². The summed E-state index contributed by atoms with van der Waals surface area (Å²) < 4.78 is 0. The van der Waals surface area contributed by atoms with Gasteiger partial charge in [-0.2, -0.15) is 0 Å². The lowest BCUT2D eigenvalue weighted by Crippen LogP contribution is -2.62. The van der Waals surface area contributed by atoms with Gasteiger partial charge in [-0.3, -0.25) is 0 Å². The highest BCUT2D eigenvalue weighted by Gasteiger charge is 2.50. The van der Waals surface area contributed by atoms with Crippen LogP contribution in [0, 0.1) is 11.8 Å². The van der Waals surface area contributed by atoms with E-state index in [0.29, 0.717) is 0 Å². The number of hydrogen-bond acceptors (Lipinski definition) is 5. The van der Waals surface area contributed by atoms with E-state index in [4.69, 9.17) is 0 Å². The van der Waals surface area contributed by atoms with E-state index in [1.54, 1.807) is 0 Å². The first kappa shape index (κ1) is 14.9. The average molecular weight is 248 g/mol. The summed E-state index contributed by atoms with van der Waals surface area (Å²) in [5, 5.41) is 48.6. The van der Waals surface area contributed by atoms with Crippen LogP contribution in [0.25, 0.3) is 0 Å². The molecule has 1 saturated carbocycles. The smallest absolute Gasteiger partial charge is 0.111 e. The Balaban J connectivity index is 2.87. The van der Waals surface area contributed by atoms with Gasteiger partial charge in [-0.1, -0.05) is 33.1 Å². The lowest BCUT2D eigenvalue weighted by molar-refractivity contribution is -0.214. The van der Waals surface area contributed by atoms with Gasteiger partial charge in [0, 0.05) is 5.92 Å². The van der Waals surface area contributed by atoms with Crippen LogP contribution in [0.2, 0.25) is 0 Å². The Morgan fingerprint density at radius 2 is 1.18 bits per heavy atom. The van der Waals surface area contributed by atoms with Crippen molar-refractivity contribution in [2.45, 2.75) is 63.6 Å². The maximum atomic E-state index is 9.94. The van der Waals surface area contributed by atoms with E-state index < -0.39 is 36.4 Å². The zero-order chi connectivity index (χ0) is 13.2. The standard InChI is InChI=1S/C12H24O5/c1-3-5-6(4-2)7-8(13)10(15)12(17)11(16)9(7)14/h6-17H,3-5H2,1-2H3. The van der Waals surface area contributed by atoms with Crippen LogP contribution in [-0.4, -0.2) is 56.1 Å².